The molecule has 1 saturated heterocycles. The maximum absolute atomic E-state index is 13.0. The van der Waals surface area contributed by atoms with Gasteiger partial charge in [-0.1, -0.05) is 36.4 Å². The molecule has 1 unspecified atom stereocenters. The molecule has 0 radical (unpaired) electrons. The van der Waals surface area contributed by atoms with Crippen molar-refractivity contribution in [1.82, 2.24) is 10.2 Å². The van der Waals surface area contributed by atoms with E-state index in [4.69, 9.17) is 5.73 Å². The van der Waals surface area contributed by atoms with E-state index in [9.17, 15) is 19.8 Å². The third-order valence-electron chi connectivity index (χ3n) is 7.22. The number of rotatable bonds is 6. The van der Waals surface area contributed by atoms with Crippen LogP contribution in [0.3, 0.4) is 0 Å². The molecule has 0 bridgehead atoms. The van der Waals surface area contributed by atoms with Gasteiger partial charge in [-0.3, -0.25) is 9.59 Å². The molecule has 2 atom stereocenters. The zero-order chi connectivity index (χ0) is 24.5. The second-order valence-electron chi connectivity index (χ2n) is 9.76. The number of fused-ring (bicyclic) bond motifs is 1. The quantitative estimate of drug-likeness (QED) is 0.480. The van der Waals surface area contributed by atoms with Crippen LogP contribution in [0.2, 0.25) is 0 Å². The van der Waals surface area contributed by atoms with Crippen molar-refractivity contribution >= 4 is 23.2 Å². The van der Waals surface area contributed by atoms with Crippen LogP contribution in [0.1, 0.15) is 37.8 Å². The summed E-state index contributed by atoms with van der Waals surface area (Å²) in [6, 6.07) is 15.5. The smallest absolute Gasteiger partial charge is 0.255 e. The molecule has 2 amide bonds. The molecule has 0 aromatic heterocycles. The van der Waals surface area contributed by atoms with Crippen LogP contribution < -0.4 is 16.0 Å². The Morgan fingerprint density at radius 2 is 1.71 bits per heavy atom. The number of anilines is 2. The summed E-state index contributed by atoms with van der Waals surface area (Å²) in [5.41, 5.74) is 9.20. The Labute approximate surface area is 200 Å². The summed E-state index contributed by atoms with van der Waals surface area (Å²) >= 11 is 0. The van der Waals surface area contributed by atoms with Gasteiger partial charge in [0.25, 0.3) is 11.8 Å². The molecule has 4 rings (SSSR count). The van der Waals surface area contributed by atoms with Gasteiger partial charge >= 0.3 is 0 Å². The van der Waals surface area contributed by atoms with Crippen LogP contribution in [-0.4, -0.2) is 58.8 Å². The number of hydrogen-bond donors (Lipinski definition) is 4. The van der Waals surface area contributed by atoms with Crippen molar-refractivity contribution in [2.45, 2.75) is 51.0 Å². The third-order valence-corrected chi connectivity index (χ3v) is 7.22. The third kappa shape index (κ3) is 4.60. The highest BCUT2D eigenvalue weighted by atomic mass is 16.3. The van der Waals surface area contributed by atoms with Crippen LogP contribution in [0.25, 0.3) is 0 Å². The minimum Gasteiger partial charge on any atom is -0.397 e. The number of nitrogens with one attached hydrogen (secondary N) is 1. The van der Waals surface area contributed by atoms with E-state index < -0.39 is 29.6 Å². The summed E-state index contributed by atoms with van der Waals surface area (Å²) in [6.07, 6.45) is -1.91. The first-order valence-corrected chi connectivity index (χ1v) is 11.8. The number of nitrogens with zero attached hydrogens (tertiary/aromatic N) is 2. The molecular weight excluding hydrogens is 432 g/mol. The van der Waals surface area contributed by atoms with Gasteiger partial charge in [0, 0.05) is 26.2 Å². The molecule has 0 aliphatic carbocycles. The number of hydrogen-bond acceptors (Lipinski definition) is 6. The van der Waals surface area contributed by atoms with Crippen LogP contribution in [0, 0.1) is 5.92 Å². The zero-order valence-electron chi connectivity index (χ0n) is 19.8. The number of nitrogen functional groups attached to an aromatic ring is 1. The predicted octanol–water partition coefficient (Wildman–Crippen LogP) is 1.60. The Morgan fingerprint density at radius 3 is 2.38 bits per heavy atom. The fourth-order valence-corrected chi connectivity index (χ4v) is 5.06. The largest absolute Gasteiger partial charge is 0.397 e. The van der Waals surface area contributed by atoms with Gasteiger partial charge in [-0.05, 0) is 55.9 Å². The van der Waals surface area contributed by atoms with E-state index in [0.29, 0.717) is 13.1 Å². The second-order valence-corrected chi connectivity index (χ2v) is 9.76. The van der Waals surface area contributed by atoms with Crippen molar-refractivity contribution in [2.24, 2.45) is 5.92 Å². The summed E-state index contributed by atoms with van der Waals surface area (Å²) in [5, 5.41) is 23.7. The molecule has 8 heteroatoms. The minimum absolute atomic E-state index is 0.247. The van der Waals surface area contributed by atoms with E-state index in [1.165, 1.54) is 4.90 Å². The fraction of sp³-hybridized carbons (Fsp3) is 0.462. The Kier molecular flexibility index (Phi) is 6.81. The van der Waals surface area contributed by atoms with Crippen LogP contribution in [0.15, 0.2) is 48.5 Å². The van der Waals surface area contributed by atoms with Gasteiger partial charge in [-0.15, -0.1) is 0 Å². The molecule has 2 aliphatic rings. The number of amides is 2. The van der Waals surface area contributed by atoms with Crippen LogP contribution in [-0.2, 0) is 21.7 Å². The first-order chi connectivity index (χ1) is 16.2. The minimum atomic E-state index is -1.82. The standard InChI is InChI=1S/C26H34N4O4/c1-26(2)19-8-4-3-7-18(19)16-30(26)25(34)23(32)22(31)24(33)28-15-17-11-13-29(14-12-17)21-10-6-5-9-20(21)27/h3-10,17,22-23,31-32H,11-16,27H2,1-2H3,(H,28,33)/t22-,23?/m1/s1. The van der Waals surface area contributed by atoms with Gasteiger partial charge in [-0.2, -0.15) is 0 Å². The van der Waals surface area contributed by atoms with Crippen molar-refractivity contribution in [3.63, 3.8) is 0 Å². The highest BCUT2D eigenvalue weighted by Crippen LogP contribution is 2.39. The van der Waals surface area contributed by atoms with E-state index in [0.717, 1.165) is 48.4 Å². The molecule has 2 aromatic carbocycles. The monoisotopic (exact) mass is 466 g/mol. The van der Waals surface area contributed by atoms with Gasteiger partial charge in [0.1, 0.15) is 0 Å². The summed E-state index contributed by atoms with van der Waals surface area (Å²) in [4.78, 5) is 29.3. The zero-order valence-corrected chi connectivity index (χ0v) is 19.8. The second kappa shape index (κ2) is 9.64. The van der Waals surface area contributed by atoms with Gasteiger partial charge in [0.2, 0.25) is 0 Å². The molecule has 1 fully saturated rings. The van der Waals surface area contributed by atoms with Crippen LogP contribution in [0.4, 0.5) is 11.4 Å². The number of para-hydroxylation sites is 2. The molecule has 2 aliphatic heterocycles. The average Bonchev–Trinajstić information content (AvgIpc) is 3.12. The lowest BCUT2D eigenvalue weighted by atomic mass is 9.93. The van der Waals surface area contributed by atoms with Gasteiger partial charge in [-0.25, -0.2) is 0 Å². The van der Waals surface area contributed by atoms with Crippen molar-refractivity contribution in [2.75, 3.05) is 30.3 Å². The molecule has 2 aromatic rings. The number of carbonyl (C=O) groups is 2. The van der Waals surface area contributed by atoms with E-state index >= 15 is 0 Å². The number of carbonyl (C=O) groups excluding carboxylic acids is 2. The predicted molar refractivity (Wildman–Crippen MR) is 131 cm³/mol. The van der Waals surface area contributed by atoms with Gasteiger partial charge in [0.15, 0.2) is 12.2 Å². The van der Waals surface area contributed by atoms with E-state index in [1.807, 2.05) is 62.4 Å². The number of benzene rings is 2. The van der Waals surface area contributed by atoms with E-state index in [1.54, 1.807) is 0 Å². The lowest BCUT2D eigenvalue weighted by Gasteiger charge is -2.35. The average molecular weight is 467 g/mol. The summed E-state index contributed by atoms with van der Waals surface area (Å²) in [7, 11) is 0. The Hall–Kier alpha value is -3.10. The molecule has 0 saturated carbocycles. The Bertz CT molecular complexity index is 1050. The van der Waals surface area contributed by atoms with Crippen molar-refractivity contribution < 1.29 is 19.8 Å². The molecule has 182 valence electrons. The summed E-state index contributed by atoms with van der Waals surface area (Å²) in [6.45, 7) is 6.15. The van der Waals surface area contributed by atoms with Gasteiger partial charge in [0.05, 0.1) is 16.9 Å². The molecule has 2 heterocycles. The first kappa shape index (κ1) is 24.0. The Balaban J connectivity index is 1.28. The van der Waals surface area contributed by atoms with Crippen molar-refractivity contribution in [3.05, 3.63) is 59.7 Å². The summed E-state index contributed by atoms with van der Waals surface area (Å²) < 4.78 is 0. The molecule has 0 spiro atoms. The molecule has 34 heavy (non-hydrogen) atoms. The summed E-state index contributed by atoms with van der Waals surface area (Å²) in [5.74, 6) is -1.14. The van der Waals surface area contributed by atoms with Crippen LogP contribution in [0.5, 0.6) is 0 Å². The van der Waals surface area contributed by atoms with Crippen molar-refractivity contribution in [1.29, 1.82) is 0 Å². The van der Waals surface area contributed by atoms with Crippen LogP contribution >= 0.6 is 0 Å². The number of nitrogens with two attached hydrogens (primary N) is 1. The number of aliphatic hydroxyl groups excluding tert-OH is 2. The molecular formula is C26H34N4O4. The number of piperidine rings is 1. The SMILES string of the molecule is CC1(C)c2ccccc2CN1C(=O)C(O)[C@@H](O)C(=O)NCC1CCN(c2ccccc2N)CC1. The lowest BCUT2D eigenvalue weighted by molar-refractivity contribution is -0.157. The Morgan fingerprint density at radius 1 is 1.06 bits per heavy atom. The highest BCUT2D eigenvalue weighted by Gasteiger charge is 2.44. The highest BCUT2D eigenvalue weighted by molar-refractivity contribution is 5.91. The van der Waals surface area contributed by atoms with Gasteiger partial charge < -0.3 is 31.1 Å². The maximum atomic E-state index is 13.0. The maximum Gasteiger partial charge on any atom is 0.255 e. The lowest BCUT2D eigenvalue weighted by Crippen LogP contribution is -2.53. The fourth-order valence-electron chi connectivity index (χ4n) is 5.06. The topological polar surface area (TPSA) is 119 Å². The van der Waals surface area contributed by atoms with Crippen molar-refractivity contribution in [3.8, 4) is 0 Å². The van der Waals surface area contributed by atoms with E-state index in [2.05, 4.69) is 10.2 Å². The first-order valence-electron chi connectivity index (χ1n) is 11.8. The number of aliphatic hydroxyl groups is 2. The molecule has 8 nitrogen and oxygen atoms in total. The normalized spacial score (nSPS) is 19.4. The molecule has 5 N–H and O–H groups in total. The van der Waals surface area contributed by atoms with E-state index in [-0.39, 0.29) is 5.92 Å².